The third-order valence-electron chi connectivity index (χ3n) is 4.26. The molecule has 1 unspecified atom stereocenters. The zero-order valence-corrected chi connectivity index (χ0v) is 14.2. The van der Waals surface area contributed by atoms with Crippen molar-refractivity contribution in [3.63, 3.8) is 0 Å². The molecule has 0 saturated carbocycles. The summed E-state index contributed by atoms with van der Waals surface area (Å²) in [5, 5.41) is 3.73. The van der Waals surface area contributed by atoms with E-state index in [-0.39, 0.29) is 11.9 Å². The number of rotatable bonds is 6. The van der Waals surface area contributed by atoms with Crippen molar-refractivity contribution in [1.29, 1.82) is 0 Å². The van der Waals surface area contributed by atoms with Crippen LogP contribution in [0.2, 0.25) is 5.02 Å². The Morgan fingerprint density at radius 2 is 2.04 bits per heavy atom. The van der Waals surface area contributed by atoms with Crippen molar-refractivity contribution in [3.8, 4) is 0 Å². The van der Waals surface area contributed by atoms with Crippen LogP contribution >= 0.6 is 11.6 Å². The molecule has 4 nitrogen and oxygen atoms in total. The number of hydrogen-bond acceptors (Lipinski definition) is 3. The summed E-state index contributed by atoms with van der Waals surface area (Å²) in [4.78, 5) is 14.5. The normalized spacial score (nSPS) is 16.5. The third-order valence-corrected chi connectivity index (χ3v) is 4.60. The molecule has 1 aliphatic rings. The second-order valence-corrected chi connectivity index (χ2v) is 6.28. The maximum atomic E-state index is 12.1. The van der Waals surface area contributed by atoms with Crippen LogP contribution in [0.15, 0.2) is 53.2 Å². The van der Waals surface area contributed by atoms with Crippen molar-refractivity contribution < 1.29 is 9.21 Å². The van der Waals surface area contributed by atoms with E-state index in [1.165, 1.54) is 18.9 Å². The number of carbonyl (C=O) groups is 1. The lowest BCUT2D eigenvalue weighted by Crippen LogP contribution is -2.36. The molecule has 1 amide bonds. The minimum Gasteiger partial charge on any atom is -0.465 e. The van der Waals surface area contributed by atoms with Gasteiger partial charge in [-0.15, -0.1) is 0 Å². The van der Waals surface area contributed by atoms with E-state index in [0.717, 1.165) is 23.7 Å². The SMILES string of the molecule is O=C(/C=C/c1ccco1)NCC(c1ccccc1Cl)N1CCCC1. The molecule has 3 rings (SSSR count). The van der Waals surface area contributed by atoms with Crippen LogP contribution in [0, 0.1) is 0 Å². The fraction of sp³-hybridized carbons (Fsp3) is 0.316. The molecule has 2 heterocycles. The number of carbonyl (C=O) groups excluding carboxylic acids is 1. The molecular weight excluding hydrogens is 324 g/mol. The second kappa shape index (κ2) is 8.18. The maximum Gasteiger partial charge on any atom is 0.244 e. The molecule has 1 aromatic heterocycles. The Balaban J connectivity index is 1.66. The van der Waals surface area contributed by atoms with Gasteiger partial charge in [0.1, 0.15) is 5.76 Å². The largest absolute Gasteiger partial charge is 0.465 e. The summed E-state index contributed by atoms with van der Waals surface area (Å²) in [6.45, 7) is 2.60. The van der Waals surface area contributed by atoms with E-state index >= 15 is 0 Å². The fourth-order valence-electron chi connectivity index (χ4n) is 3.03. The molecule has 24 heavy (non-hydrogen) atoms. The number of benzene rings is 1. The minimum absolute atomic E-state index is 0.0992. The number of hydrogen-bond donors (Lipinski definition) is 1. The molecule has 0 radical (unpaired) electrons. The van der Waals surface area contributed by atoms with Crippen molar-refractivity contribution >= 4 is 23.6 Å². The van der Waals surface area contributed by atoms with Crippen molar-refractivity contribution in [2.24, 2.45) is 0 Å². The van der Waals surface area contributed by atoms with Crippen molar-refractivity contribution in [2.75, 3.05) is 19.6 Å². The number of furan rings is 1. The predicted molar refractivity (Wildman–Crippen MR) is 95.8 cm³/mol. The molecule has 126 valence electrons. The molecule has 1 saturated heterocycles. The van der Waals surface area contributed by atoms with Crippen LogP contribution in [0.25, 0.3) is 6.08 Å². The molecular formula is C19H21ClN2O2. The Kier molecular flexibility index (Phi) is 5.72. The smallest absolute Gasteiger partial charge is 0.244 e. The van der Waals surface area contributed by atoms with Gasteiger partial charge in [-0.2, -0.15) is 0 Å². The summed E-state index contributed by atoms with van der Waals surface area (Å²) in [6, 6.07) is 11.6. The second-order valence-electron chi connectivity index (χ2n) is 5.87. The molecule has 0 bridgehead atoms. The number of amides is 1. The molecule has 1 aromatic carbocycles. The van der Waals surface area contributed by atoms with E-state index in [1.54, 1.807) is 24.5 Å². The first-order valence-electron chi connectivity index (χ1n) is 8.22. The molecule has 1 atom stereocenters. The van der Waals surface area contributed by atoms with Gasteiger partial charge in [0.2, 0.25) is 5.91 Å². The first kappa shape index (κ1) is 16.8. The molecule has 5 heteroatoms. The Morgan fingerprint density at radius 1 is 1.25 bits per heavy atom. The first-order valence-corrected chi connectivity index (χ1v) is 8.60. The van der Waals surface area contributed by atoms with Gasteiger partial charge in [0.25, 0.3) is 0 Å². The average molecular weight is 345 g/mol. The fourth-order valence-corrected chi connectivity index (χ4v) is 3.30. The van der Waals surface area contributed by atoms with Crippen LogP contribution < -0.4 is 5.32 Å². The van der Waals surface area contributed by atoms with E-state index in [0.29, 0.717) is 12.3 Å². The average Bonchev–Trinajstić information content (AvgIpc) is 3.28. The van der Waals surface area contributed by atoms with Crippen LogP contribution in [0.5, 0.6) is 0 Å². The standard InChI is InChI=1S/C19H21ClN2O2/c20-17-8-2-1-7-16(17)18(22-11-3-4-12-22)14-21-19(23)10-9-15-6-5-13-24-15/h1-2,5-10,13,18H,3-4,11-12,14H2,(H,21,23)/b10-9+. The molecule has 1 aliphatic heterocycles. The topological polar surface area (TPSA) is 45.5 Å². The van der Waals surface area contributed by atoms with Gasteiger partial charge >= 0.3 is 0 Å². The Bertz CT molecular complexity index is 691. The lowest BCUT2D eigenvalue weighted by atomic mass is 10.1. The molecule has 1 N–H and O–H groups in total. The maximum absolute atomic E-state index is 12.1. The summed E-state index contributed by atoms with van der Waals surface area (Å²) < 4.78 is 5.18. The summed E-state index contributed by atoms with van der Waals surface area (Å²) in [6.07, 6.45) is 7.11. The van der Waals surface area contributed by atoms with Gasteiger partial charge < -0.3 is 9.73 Å². The van der Waals surface area contributed by atoms with Crippen LogP contribution in [-0.4, -0.2) is 30.4 Å². The van der Waals surface area contributed by atoms with E-state index in [4.69, 9.17) is 16.0 Å². The van der Waals surface area contributed by atoms with Gasteiger partial charge in [0.05, 0.1) is 12.3 Å². The number of likely N-dealkylation sites (tertiary alicyclic amines) is 1. The van der Waals surface area contributed by atoms with Gasteiger partial charge in [-0.1, -0.05) is 29.8 Å². The highest BCUT2D eigenvalue weighted by Crippen LogP contribution is 2.29. The van der Waals surface area contributed by atoms with Crippen LogP contribution in [0.3, 0.4) is 0 Å². The van der Waals surface area contributed by atoms with Crippen LogP contribution in [0.4, 0.5) is 0 Å². The number of nitrogens with one attached hydrogen (secondary N) is 1. The van der Waals surface area contributed by atoms with E-state index in [2.05, 4.69) is 10.2 Å². The summed E-state index contributed by atoms with van der Waals surface area (Å²) >= 11 is 6.38. The van der Waals surface area contributed by atoms with Gasteiger partial charge in [0.15, 0.2) is 0 Å². The van der Waals surface area contributed by atoms with Gasteiger partial charge in [-0.05, 0) is 55.8 Å². The van der Waals surface area contributed by atoms with Crippen LogP contribution in [0.1, 0.15) is 30.2 Å². The molecule has 0 aliphatic carbocycles. The summed E-state index contributed by atoms with van der Waals surface area (Å²) in [7, 11) is 0. The van der Waals surface area contributed by atoms with Crippen molar-refractivity contribution in [3.05, 3.63) is 65.1 Å². The van der Waals surface area contributed by atoms with Crippen molar-refractivity contribution in [2.45, 2.75) is 18.9 Å². The third kappa shape index (κ3) is 4.28. The lowest BCUT2D eigenvalue weighted by molar-refractivity contribution is -0.116. The van der Waals surface area contributed by atoms with E-state index in [1.807, 2.05) is 24.3 Å². The highest BCUT2D eigenvalue weighted by molar-refractivity contribution is 6.31. The van der Waals surface area contributed by atoms with E-state index < -0.39 is 0 Å². The molecule has 1 fully saturated rings. The Hall–Kier alpha value is -2.04. The quantitative estimate of drug-likeness (QED) is 0.808. The van der Waals surface area contributed by atoms with Gasteiger partial charge in [-0.25, -0.2) is 0 Å². The highest BCUT2D eigenvalue weighted by atomic mass is 35.5. The summed E-state index contributed by atoms with van der Waals surface area (Å²) in [5.41, 5.74) is 1.07. The number of nitrogens with zero attached hydrogens (tertiary/aromatic N) is 1. The Labute approximate surface area is 147 Å². The zero-order chi connectivity index (χ0) is 16.8. The molecule has 0 spiro atoms. The van der Waals surface area contributed by atoms with E-state index in [9.17, 15) is 4.79 Å². The Morgan fingerprint density at radius 3 is 2.75 bits per heavy atom. The highest BCUT2D eigenvalue weighted by Gasteiger charge is 2.25. The van der Waals surface area contributed by atoms with Crippen molar-refractivity contribution in [1.82, 2.24) is 10.2 Å². The number of halogens is 1. The zero-order valence-electron chi connectivity index (χ0n) is 13.5. The minimum atomic E-state index is -0.136. The van der Waals surface area contributed by atoms with Gasteiger partial charge in [0, 0.05) is 17.6 Å². The van der Waals surface area contributed by atoms with Crippen LogP contribution in [-0.2, 0) is 4.79 Å². The predicted octanol–water partition coefficient (Wildman–Crippen LogP) is 3.90. The summed E-state index contributed by atoms with van der Waals surface area (Å²) in [5.74, 6) is 0.523. The lowest BCUT2D eigenvalue weighted by Gasteiger charge is -2.28. The monoisotopic (exact) mass is 344 g/mol. The molecule has 2 aromatic rings. The first-order chi connectivity index (χ1) is 11.7. The van der Waals surface area contributed by atoms with Gasteiger partial charge in [-0.3, -0.25) is 9.69 Å².